The molecule has 0 aliphatic rings. The SMILES string of the molecule is CC(C)Nc1nc(N)c2nc(O)n(Cc3ccccc3)c2n1. The zero-order chi connectivity index (χ0) is 15.7. The van der Waals surface area contributed by atoms with Crippen LogP contribution in [0.1, 0.15) is 19.4 Å². The van der Waals surface area contributed by atoms with E-state index in [1.807, 2.05) is 44.2 Å². The van der Waals surface area contributed by atoms with Crippen LogP contribution in [0, 0.1) is 0 Å². The molecule has 2 heterocycles. The number of hydrogen-bond donors (Lipinski definition) is 3. The third-order valence-corrected chi connectivity index (χ3v) is 3.20. The molecule has 0 spiro atoms. The van der Waals surface area contributed by atoms with E-state index in [2.05, 4.69) is 20.3 Å². The summed E-state index contributed by atoms with van der Waals surface area (Å²) in [6.45, 7) is 4.44. The average molecular weight is 298 g/mol. The molecule has 1 aromatic carbocycles. The summed E-state index contributed by atoms with van der Waals surface area (Å²) in [6, 6.07) is 9.84. The molecule has 7 nitrogen and oxygen atoms in total. The van der Waals surface area contributed by atoms with Gasteiger partial charge < -0.3 is 16.2 Å². The fraction of sp³-hybridized carbons (Fsp3) is 0.267. The van der Waals surface area contributed by atoms with Gasteiger partial charge in [0.05, 0.1) is 6.54 Å². The van der Waals surface area contributed by atoms with Gasteiger partial charge in [-0.3, -0.25) is 4.57 Å². The first-order valence-electron chi connectivity index (χ1n) is 7.07. The van der Waals surface area contributed by atoms with Crippen LogP contribution in [0.4, 0.5) is 11.8 Å². The molecule has 2 aromatic heterocycles. The van der Waals surface area contributed by atoms with Gasteiger partial charge in [-0.2, -0.15) is 15.0 Å². The first kappa shape index (κ1) is 14.1. The minimum atomic E-state index is -0.124. The van der Waals surface area contributed by atoms with E-state index in [0.29, 0.717) is 23.7 Å². The highest BCUT2D eigenvalue weighted by molar-refractivity contribution is 5.84. The van der Waals surface area contributed by atoms with Crippen LogP contribution in [0.2, 0.25) is 0 Å². The lowest BCUT2D eigenvalue weighted by Gasteiger charge is -2.10. The van der Waals surface area contributed by atoms with Gasteiger partial charge in [-0.1, -0.05) is 30.3 Å². The van der Waals surface area contributed by atoms with Crippen molar-refractivity contribution >= 4 is 22.9 Å². The molecule has 22 heavy (non-hydrogen) atoms. The first-order valence-corrected chi connectivity index (χ1v) is 7.07. The highest BCUT2D eigenvalue weighted by Gasteiger charge is 2.16. The van der Waals surface area contributed by atoms with Crippen molar-refractivity contribution in [3.05, 3.63) is 35.9 Å². The van der Waals surface area contributed by atoms with Gasteiger partial charge in [0, 0.05) is 6.04 Å². The number of aromatic nitrogens is 4. The summed E-state index contributed by atoms with van der Waals surface area (Å²) in [4.78, 5) is 12.7. The van der Waals surface area contributed by atoms with Gasteiger partial charge in [-0.05, 0) is 19.4 Å². The van der Waals surface area contributed by atoms with Gasteiger partial charge in [-0.15, -0.1) is 0 Å². The number of anilines is 2. The lowest BCUT2D eigenvalue weighted by Crippen LogP contribution is -2.14. The average Bonchev–Trinajstić information content (AvgIpc) is 2.77. The van der Waals surface area contributed by atoms with E-state index < -0.39 is 0 Å². The van der Waals surface area contributed by atoms with Crippen molar-refractivity contribution in [3.63, 3.8) is 0 Å². The highest BCUT2D eigenvalue weighted by Crippen LogP contribution is 2.25. The van der Waals surface area contributed by atoms with Crippen LogP contribution in [-0.4, -0.2) is 30.7 Å². The molecule has 0 unspecified atom stereocenters. The molecule has 0 aliphatic heterocycles. The van der Waals surface area contributed by atoms with Crippen molar-refractivity contribution in [2.45, 2.75) is 26.4 Å². The lowest BCUT2D eigenvalue weighted by atomic mass is 10.2. The Morgan fingerprint density at radius 3 is 2.59 bits per heavy atom. The van der Waals surface area contributed by atoms with E-state index in [1.165, 1.54) is 0 Å². The fourth-order valence-electron chi connectivity index (χ4n) is 2.24. The molecular formula is C15H18N6O. The number of nitrogens with zero attached hydrogens (tertiary/aromatic N) is 4. The minimum Gasteiger partial charge on any atom is -0.480 e. The molecule has 7 heteroatoms. The molecule has 4 N–H and O–H groups in total. The van der Waals surface area contributed by atoms with Crippen LogP contribution in [0.3, 0.4) is 0 Å². The summed E-state index contributed by atoms with van der Waals surface area (Å²) in [5, 5.41) is 13.2. The van der Waals surface area contributed by atoms with Crippen molar-refractivity contribution in [3.8, 4) is 6.01 Å². The molecule has 0 saturated heterocycles. The summed E-state index contributed by atoms with van der Waals surface area (Å²) in [7, 11) is 0. The largest absolute Gasteiger partial charge is 0.480 e. The maximum Gasteiger partial charge on any atom is 0.296 e. The summed E-state index contributed by atoms with van der Waals surface area (Å²) >= 11 is 0. The smallest absolute Gasteiger partial charge is 0.296 e. The van der Waals surface area contributed by atoms with Crippen LogP contribution in [0.25, 0.3) is 11.2 Å². The van der Waals surface area contributed by atoms with E-state index in [0.717, 1.165) is 5.56 Å². The Balaban J connectivity index is 2.09. The standard InChI is InChI=1S/C15H18N6O/c1-9(2)17-14-19-12(16)11-13(20-14)21(15(22)18-11)8-10-6-4-3-5-7-10/h3-7,9H,8H2,1-2H3,(H,18,22)(H3,16,17,19,20). The lowest BCUT2D eigenvalue weighted by molar-refractivity contribution is 0.408. The highest BCUT2D eigenvalue weighted by atomic mass is 16.3. The van der Waals surface area contributed by atoms with Gasteiger partial charge in [0.2, 0.25) is 5.95 Å². The molecule has 0 fully saturated rings. The van der Waals surface area contributed by atoms with Crippen LogP contribution in [-0.2, 0) is 6.54 Å². The van der Waals surface area contributed by atoms with Gasteiger partial charge in [0.25, 0.3) is 6.01 Å². The van der Waals surface area contributed by atoms with Gasteiger partial charge in [0.1, 0.15) is 0 Å². The molecule has 0 bridgehead atoms. The van der Waals surface area contributed by atoms with Crippen molar-refractivity contribution < 1.29 is 5.11 Å². The topological polar surface area (TPSA) is 102 Å². The quantitative estimate of drug-likeness (QED) is 0.680. The molecule has 0 radical (unpaired) electrons. The van der Waals surface area contributed by atoms with Crippen LogP contribution < -0.4 is 11.1 Å². The van der Waals surface area contributed by atoms with Crippen LogP contribution >= 0.6 is 0 Å². The number of imidazole rings is 1. The zero-order valence-electron chi connectivity index (χ0n) is 12.5. The summed E-state index contributed by atoms with van der Waals surface area (Å²) in [6.07, 6.45) is 0. The van der Waals surface area contributed by atoms with Crippen LogP contribution in [0.15, 0.2) is 30.3 Å². The van der Waals surface area contributed by atoms with E-state index >= 15 is 0 Å². The Bertz CT molecular complexity index is 797. The van der Waals surface area contributed by atoms with Crippen molar-refractivity contribution in [1.29, 1.82) is 0 Å². The maximum absolute atomic E-state index is 10.1. The number of benzene rings is 1. The molecule has 0 aliphatic carbocycles. The summed E-state index contributed by atoms with van der Waals surface area (Å²) < 4.78 is 1.62. The molecule has 0 saturated carbocycles. The van der Waals surface area contributed by atoms with Gasteiger partial charge >= 0.3 is 0 Å². The number of nitrogens with one attached hydrogen (secondary N) is 1. The van der Waals surface area contributed by atoms with E-state index in [-0.39, 0.29) is 17.9 Å². The third kappa shape index (κ3) is 2.65. The van der Waals surface area contributed by atoms with Crippen molar-refractivity contribution in [2.24, 2.45) is 0 Å². The fourth-order valence-corrected chi connectivity index (χ4v) is 2.24. The Hall–Kier alpha value is -2.83. The Labute approximate surface area is 127 Å². The number of nitrogen functional groups attached to an aromatic ring is 1. The predicted octanol–water partition coefficient (Wildman–Crippen LogP) is 1.98. The molecule has 0 atom stereocenters. The van der Waals surface area contributed by atoms with E-state index in [4.69, 9.17) is 5.73 Å². The molecule has 0 amide bonds. The molecule has 3 aromatic rings. The zero-order valence-corrected chi connectivity index (χ0v) is 12.5. The first-order chi connectivity index (χ1) is 10.5. The summed E-state index contributed by atoms with van der Waals surface area (Å²) in [5.74, 6) is 0.671. The van der Waals surface area contributed by atoms with E-state index in [1.54, 1.807) is 4.57 Å². The second-order valence-corrected chi connectivity index (χ2v) is 5.39. The van der Waals surface area contributed by atoms with Crippen molar-refractivity contribution in [2.75, 3.05) is 11.1 Å². The summed E-state index contributed by atoms with van der Waals surface area (Å²) in [5.41, 5.74) is 7.88. The minimum absolute atomic E-state index is 0.124. The molecular weight excluding hydrogens is 280 g/mol. The number of hydrogen-bond acceptors (Lipinski definition) is 6. The number of fused-ring (bicyclic) bond motifs is 1. The predicted molar refractivity (Wildman–Crippen MR) is 85.7 cm³/mol. The monoisotopic (exact) mass is 298 g/mol. The van der Waals surface area contributed by atoms with Gasteiger partial charge in [-0.25, -0.2) is 0 Å². The number of nitrogens with two attached hydrogens (primary N) is 1. The number of aromatic hydroxyl groups is 1. The Kier molecular flexibility index (Phi) is 3.54. The second-order valence-electron chi connectivity index (χ2n) is 5.39. The van der Waals surface area contributed by atoms with Crippen LogP contribution in [0.5, 0.6) is 6.01 Å². The molecule has 114 valence electrons. The number of rotatable bonds is 4. The Morgan fingerprint density at radius 1 is 1.18 bits per heavy atom. The van der Waals surface area contributed by atoms with Crippen molar-refractivity contribution in [1.82, 2.24) is 19.5 Å². The van der Waals surface area contributed by atoms with E-state index in [9.17, 15) is 5.11 Å². The normalized spacial score (nSPS) is 11.2. The second kappa shape index (κ2) is 5.51. The van der Waals surface area contributed by atoms with Gasteiger partial charge in [0.15, 0.2) is 17.0 Å². The Morgan fingerprint density at radius 2 is 1.91 bits per heavy atom. The molecule has 3 rings (SSSR count). The third-order valence-electron chi connectivity index (χ3n) is 3.20. The maximum atomic E-state index is 10.1.